The summed E-state index contributed by atoms with van der Waals surface area (Å²) >= 11 is 0. The van der Waals surface area contributed by atoms with E-state index in [9.17, 15) is 45.6 Å². The normalized spacial score (nSPS) is 13.2. The number of non-ortho nitro benzene ring substituents is 2. The number of benzene rings is 2. The number of nitriles is 2. The zero-order valence-electron chi connectivity index (χ0n) is 30.3. The van der Waals surface area contributed by atoms with E-state index in [4.69, 9.17) is 14.2 Å². The van der Waals surface area contributed by atoms with Gasteiger partial charge >= 0.3 is 6.48 Å². The highest BCUT2D eigenvalue weighted by Gasteiger charge is 2.31. The number of azo groups is 2. The molecule has 0 spiro atoms. The number of rotatable bonds is 13. The van der Waals surface area contributed by atoms with Crippen molar-refractivity contribution in [2.45, 2.75) is 72.9 Å². The van der Waals surface area contributed by atoms with Gasteiger partial charge in [0.15, 0.2) is 22.9 Å². The first-order valence-corrected chi connectivity index (χ1v) is 17.0. The number of ether oxygens (including phenoxy) is 3. The van der Waals surface area contributed by atoms with Crippen LogP contribution in [0.5, 0.6) is 23.3 Å². The molecule has 0 saturated carbocycles. The highest BCUT2D eigenvalue weighted by molar-refractivity contribution is 5.64. The molecule has 1 unspecified atom stereocenters. The van der Waals surface area contributed by atoms with Gasteiger partial charge in [-0.2, -0.15) is 10.5 Å². The zero-order valence-corrected chi connectivity index (χ0v) is 30.3. The monoisotopic (exact) mass is 768 g/mol. The Hall–Kier alpha value is -7.52. The third-order valence-electron chi connectivity index (χ3n) is 8.53. The van der Waals surface area contributed by atoms with Crippen LogP contribution in [-0.4, -0.2) is 30.7 Å². The molecule has 56 heavy (non-hydrogen) atoms. The fraction of sp³-hybridized carbons (Fsp3) is 0.314. The molecule has 2 aromatic carbocycles. The number of aromatic nitrogens is 2. The fourth-order valence-corrected chi connectivity index (χ4v) is 5.50. The average molecular weight is 769 g/mol. The molecule has 0 saturated heterocycles. The Bertz CT molecular complexity index is 2500. The van der Waals surface area contributed by atoms with Crippen LogP contribution in [0.3, 0.4) is 0 Å². The number of nitro benzene ring substituents is 2. The summed E-state index contributed by atoms with van der Waals surface area (Å²) in [6.45, 7) is 4.58. The van der Waals surface area contributed by atoms with Crippen molar-refractivity contribution in [3.05, 3.63) is 99.6 Å². The van der Waals surface area contributed by atoms with Crippen LogP contribution in [0.2, 0.25) is 0 Å². The average Bonchev–Trinajstić information content (AvgIpc) is 3.25. The van der Waals surface area contributed by atoms with E-state index < -0.39 is 33.1 Å². The summed E-state index contributed by atoms with van der Waals surface area (Å²) < 4.78 is 21.0. The molecule has 1 aliphatic rings. The second-order valence-electron chi connectivity index (χ2n) is 12.1. The molecule has 21 nitrogen and oxygen atoms in total. The van der Waals surface area contributed by atoms with Gasteiger partial charge in [-0.3, -0.25) is 39.0 Å². The van der Waals surface area contributed by atoms with Gasteiger partial charge in [0.25, 0.3) is 22.5 Å². The maximum atomic E-state index is 13.9. The topological polar surface area (TPSA) is 284 Å². The second kappa shape index (κ2) is 17.1. The van der Waals surface area contributed by atoms with Gasteiger partial charge in [-0.15, -0.1) is 20.5 Å². The van der Waals surface area contributed by atoms with Crippen molar-refractivity contribution in [1.82, 2.24) is 9.13 Å². The number of nitrogens with zero attached hydrogens (tertiary/aromatic N) is 10. The minimum atomic E-state index is -1.97. The first-order chi connectivity index (χ1) is 26.9. The lowest BCUT2D eigenvalue weighted by molar-refractivity contribution is -0.385. The molecule has 0 bridgehead atoms. The lowest BCUT2D eigenvalue weighted by atomic mass is 10.1. The van der Waals surface area contributed by atoms with Crippen LogP contribution in [0.1, 0.15) is 61.8 Å². The largest absolute Gasteiger partial charge is 0.420 e. The quantitative estimate of drug-likeness (QED) is 0.0594. The second-order valence-corrected chi connectivity index (χ2v) is 12.1. The lowest BCUT2D eigenvalue weighted by Gasteiger charge is -2.26. The van der Waals surface area contributed by atoms with Crippen molar-refractivity contribution >= 4 is 34.1 Å². The molecule has 0 fully saturated rings. The summed E-state index contributed by atoms with van der Waals surface area (Å²) in [6.07, 6.45) is 2.04. The van der Waals surface area contributed by atoms with Crippen LogP contribution in [-0.2, 0) is 13.1 Å². The Morgan fingerprint density at radius 3 is 2.11 bits per heavy atom. The number of unbranched alkanes of at least 4 members (excludes halogenated alkanes) is 2. The SMILES string of the molecule is CCCCn1c(OC2Oc3ccc([N+](=O)[O-])cc3N=Nc3c(C)c(C#N)c(=O)n(CCCC)c3O2)c(N=Nc2cc([N+](=O)[O-])ccc2OO)c(C)c(C#N)c1=O. The van der Waals surface area contributed by atoms with E-state index in [1.165, 1.54) is 19.9 Å². The van der Waals surface area contributed by atoms with Crippen molar-refractivity contribution in [3.8, 4) is 35.4 Å². The molecule has 0 amide bonds. The van der Waals surface area contributed by atoms with Gasteiger partial charge in [0.1, 0.15) is 34.6 Å². The van der Waals surface area contributed by atoms with Gasteiger partial charge in [-0.25, -0.2) is 5.26 Å². The summed E-state index contributed by atoms with van der Waals surface area (Å²) in [5.74, 6) is -1.12. The molecule has 1 atom stereocenters. The smallest absolute Gasteiger partial charge is 0.409 e. The molecule has 21 heteroatoms. The van der Waals surface area contributed by atoms with E-state index in [0.29, 0.717) is 25.7 Å². The molecule has 2 aromatic heterocycles. The number of hydrogen-bond donors (Lipinski definition) is 1. The van der Waals surface area contributed by atoms with Crippen molar-refractivity contribution in [2.24, 2.45) is 20.5 Å². The molecule has 0 aliphatic carbocycles. The summed E-state index contributed by atoms with van der Waals surface area (Å²) in [7, 11) is 0. The Morgan fingerprint density at radius 2 is 1.48 bits per heavy atom. The Morgan fingerprint density at radius 1 is 0.875 bits per heavy atom. The summed E-state index contributed by atoms with van der Waals surface area (Å²) in [5.41, 5.74) is -3.73. The molecule has 288 valence electrons. The first-order valence-electron chi connectivity index (χ1n) is 17.0. The van der Waals surface area contributed by atoms with E-state index >= 15 is 0 Å². The van der Waals surface area contributed by atoms with E-state index in [-0.39, 0.29) is 87.0 Å². The van der Waals surface area contributed by atoms with Crippen LogP contribution < -0.4 is 30.2 Å². The van der Waals surface area contributed by atoms with Gasteiger partial charge in [0.2, 0.25) is 11.8 Å². The van der Waals surface area contributed by atoms with E-state index in [1.807, 2.05) is 26.0 Å². The van der Waals surface area contributed by atoms with Crippen LogP contribution in [0, 0.1) is 56.7 Å². The molecular weight excluding hydrogens is 736 g/mol. The molecule has 5 rings (SSSR count). The van der Waals surface area contributed by atoms with Gasteiger partial charge in [-0.05, 0) is 38.8 Å². The summed E-state index contributed by atoms with van der Waals surface area (Å²) in [5, 5.41) is 69.4. The number of nitro groups is 2. The van der Waals surface area contributed by atoms with Crippen molar-refractivity contribution in [3.63, 3.8) is 0 Å². The van der Waals surface area contributed by atoms with E-state index in [2.05, 4.69) is 25.3 Å². The molecular formula is C35H32N10O11. The lowest BCUT2D eigenvalue weighted by Crippen LogP contribution is -2.36. The Balaban J connectivity index is 1.81. The van der Waals surface area contributed by atoms with Gasteiger partial charge in [-0.1, -0.05) is 26.7 Å². The zero-order chi connectivity index (χ0) is 40.7. The molecule has 4 aromatic rings. The molecule has 1 N–H and O–H groups in total. The highest BCUT2D eigenvalue weighted by Crippen LogP contribution is 2.42. The van der Waals surface area contributed by atoms with Crippen molar-refractivity contribution in [2.75, 3.05) is 0 Å². The van der Waals surface area contributed by atoms with Gasteiger partial charge < -0.3 is 19.1 Å². The molecule has 0 radical (unpaired) electrons. The van der Waals surface area contributed by atoms with Crippen LogP contribution in [0.15, 0.2) is 66.4 Å². The summed E-state index contributed by atoms with van der Waals surface area (Å²) in [4.78, 5) is 53.7. The van der Waals surface area contributed by atoms with Gasteiger partial charge in [0, 0.05) is 48.5 Å². The molecule has 1 aliphatic heterocycles. The minimum Gasteiger partial charge on any atom is -0.420 e. The van der Waals surface area contributed by atoms with E-state index in [0.717, 1.165) is 39.5 Å². The van der Waals surface area contributed by atoms with Crippen molar-refractivity contribution in [1.29, 1.82) is 10.5 Å². The standard InChI is InChI=1S/C35H32N10O11/c1-5-7-13-42-31(46)23(17-36)19(3)29-33(42)54-35(53-27-11-9-21(44(48)49)15-25(27)38-40-29)55-34-30(20(4)24(18-37)32(47)43(34)14-8-6-2)41-39-26-16-22(45(50)51)10-12-28(26)56-52/h9-12,15-16,35,52H,5-8,13-14H2,1-4H3. The van der Waals surface area contributed by atoms with Crippen LogP contribution in [0.25, 0.3) is 0 Å². The number of fused-ring (bicyclic) bond motifs is 2. The van der Waals surface area contributed by atoms with E-state index in [1.54, 1.807) is 0 Å². The third-order valence-corrected chi connectivity index (χ3v) is 8.53. The minimum absolute atomic E-state index is 0.0352. The maximum absolute atomic E-state index is 13.9. The Labute approximate surface area is 316 Å². The third kappa shape index (κ3) is 7.88. The Kier molecular flexibility index (Phi) is 12.1. The maximum Gasteiger partial charge on any atom is 0.409 e. The predicted molar refractivity (Wildman–Crippen MR) is 194 cm³/mol. The predicted octanol–water partition coefficient (Wildman–Crippen LogP) is 7.60. The van der Waals surface area contributed by atoms with Crippen LogP contribution in [0.4, 0.5) is 34.1 Å². The highest BCUT2D eigenvalue weighted by atomic mass is 17.1. The van der Waals surface area contributed by atoms with Gasteiger partial charge in [0.05, 0.1) is 9.85 Å². The number of hydrogen-bond acceptors (Lipinski definition) is 17. The number of pyridine rings is 2. The first kappa shape index (κ1) is 39.7. The fourth-order valence-electron chi connectivity index (χ4n) is 5.50. The van der Waals surface area contributed by atoms with Crippen LogP contribution >= 0.6 is 0 Å². The van der Waals surface area contributed by atoms with Crippen molar-refractivity contribution < 1.29 is 34.2 Å². The summed E-state index contributed by atoms with van der Waals surface area (Å²) in [6, 6.07) is 10.2. The molecule has 3 heterocycles.